The molecule has 0 saturated heterocycles. The maximum Gasteiger partial charge on any atom is 0.337 e. The summed E-state index contributed by atoms with van der Waals surface area (Å²) in [6, 6.07) is 9.34. The summed E-state index contributed by atoms with van der Waals surface area (Å²) in [7, 11) is 1.40. The Morgan fingerprint density at radius 2 is 1.90 bits per heavy atom. The Balaban J connectivity index is 1.39. The number of rotatable bonds is 5. The number of benzene rings is 1. The van der Waals surface area contributed by atoms with Gasteiger partial charge in [-0.05, 0) is 55.0 Å². The van der Waals surface area contributed by atoms with Crippen LogP contribution in [0.3, 0.4) is 0 Å². The van der Waals surface area contributed by atoms with Gasteiger partial charge in [0.05, 0.1) is 12.7 Å². The van der Waals surface area contributed by atoms with Crippen LogP contribution in [0, 0.1) is 5.41 Å². The topological polar surface area (TPSA) is 77.5 Å². The van der Waals surface area contributed by atoms with Crippen LogP contribution in [0.15, 0.2) is 36.5 Å². The van der Waals surface area contributed by atoms with Gasteiger partial charge in [0.25, 0.3) is 0 Å². The minimum atomic E-state index is -0.313. The highest BCUT2D eigenvalue weighted by molar-refractivity contribution is 5.94. The van der Waals surface area contributed by atoms with Gasteiger partial charge in [-0.3, -0.25) is 4.79 Å². The predicted molar refractivity (Wildman–Crippen MR) is 118 cm³/mol. The van der Waals surface area contributed by atoms with Crippen molar-refractivity contribution >= 4 is 17.7 Å². The molecular formula is C25H30N2O4. The van der Waals surface area contributed by atoms with Crippen LogP contribution in [-0.2, 0) is 22.4 Å². The maximum atomic E-state index is 12.8. The minimum Gasteiger partial charge on any atom is -0.490 e. The fourth-order valence-electron chi connectivity index (χ4n) is 4.64. The lowest BCUT2D eigenvalue weighted by atomic mass is 9.75. The minimum absolute atomic E-state index is 0.0401. The SMILES string of the molecule is COC(=O)c1ccc2c(c1)CCC(Oc1ccnc(NC(=O)C3(C)CCCCC3)c1)C2. The van der Waals surface area contributed by atoms with E-state index in [1.165, 1.54) is 24.7 Å². The van der Waals surface area contributed by atoms with Gasteiger partial charge < -0.3 is 14.8 Å². The van der Waals surface area contributed by atoms with Gasteiger partial charge in [-0.25, -0.2) is 9.78 Å². The van der Waals surface area contributed by atoms with Crippen LogP contribution in [0.5, 0.6) is 5.75 Å². The number of pyridine rings is 1. The van der Waals surface area contributed by atoms with Gasteiger partial charge in [0.15, 0.2) is 0 Å². The summed E-state index contributed by atoms with van der Waals surface area (Å²) >= 11 is 0. The van der Waals surface area contributed by atoms with Crippen LogP contribution in [-0.4, -0.2) is 30.1 Å². The Kier molecular flexibility index (Phi) is 6.25. The van der Waals surface area contributed by atoms with Crippen LogP contribution < -0.4 is 10.1 Å². The average molecular weight is 423 g/mol. The number of nitrogens with zero attached hydrogens (tertiary/aromatic N) is 1. The van der Waals surface area contributed by atoms with Crippen LogP contribution >= 0.6 is 0 Å². The van der Waals surface area contributed by atoms with Gasteiger partial charge in [-0.15, -0.1) is 0 Å². The number of aromatic nitrogens is 1. The summed E-state index contributed by atoms with van der Waals surface area (Å²) in [5, 5.41) is 2.99. The number of carbonyl (C=O) groups is 2. The van der Waals surface area contributed by atoms with Crippen molar-refractivity contribution in [1.29, 1.82) is 0 Å². The highest BCUT2D eigenvalue weighted by Crippen LogP contribution is 2.37. The lowest BCUT2D eigenvalue weighted by Crippen LogP contribution is -2.35. The van der Waals surface area contributed by atoms with E-state index in [0.717, 1.165) is 44.9 Å². The number of amides is 1. The summed E-state index contributed by atoms with van der Waals surface area (Å²) < 4.78 is 11.0. The van der Waals surface area contributed by atoms with Crippen molar-refractivity contribution < 1.29 is 19.1 Å². The van der Waals surface area contributed by atoms with Crippen molar-refractivity contribution in [2.45, 2.75) is 64.4 Å². The van der Waals surface area contributed by atoms with Crippen molar-refractivity contribution in [3.63, 3.8) is 0 Å². The fourth-order valence-corrected chi connectivity index (χ4v) is 4.64. The van der Waals surface area contributed by atoms with Crippen molar-refractivity contribution in [2.75, 3.05) is 12.4 Å². The third-order valence-electron chi connectivity index (χ3n) is 6.59. The quantitative estimate of drug-likeness (QED) is 0.706. The van der Waals surface area contributed by atoms with Crippen molar-refractivity contribution in [2.24, 2.45) is 5.41 Å². The molecule has 0 aliphatic heterocycles. The molecule has 0 radical (unpaired) electrons. The number of hydrogen-bond donors (Lipinski definition) is 1. The van der Waals surface area contributed by atoms with E-state index in [0.29, 0.717) is 17.1 Å². The highest BCUT2D eigenvalue weighted by atomic mass is 16.5. The number of anilines is 1. The molecule has 1 aromatic carbocycles. The van der Waals surface area contributed by atoms with Gasteiger partial charge in [0.2, 0.25) is 5.91 Å². The van der Waals surface area contributed by atoms with E-state index in [1.807, 2.05) is 25.1 Å². The maximum absolute atomic E-state index is 12.8. The number of aryl methyl sites for hydroxylation is 1. The molecule has 1 unspecified atom stereocenters. The predicted octanol–water partition coefficient (Wildman–Crippen LogP) is 4.71. The fraction of sp³-hybridized carbons (Fsp3) is 0.480. The largest absolute Gasteiger partial charge is 0.490 e. The third-order valence-corrected chi connectivity index (χ3v) is 6.59. The summed E-state index contributed by atoms with van der Waals surface area (Å²) in [5.41, 5.74) is 2.64. The Hall–Kier alpha value is -2.89. The molecule has 0 bridgehead atoms. The zero-order valence-corrected chi connectivity index (χ0v) is 18.3. The van der Waals surface area contributed by atoms with E-state index >= 15 is 0 Å². The Morgan fingerprint density at radius 3 is 2.68 bits per heavy atom. The molecule has 6 heteroatoms. The summed E-state index contributed by atoms with van der Waals surface area (Å²) in [6.07, 6.45) is 9.46. The molecule has 1 saturated carbocycles. The number of ether oxygens (including phenoxy) is 2. The summed E-state index contributed by atoms with van der Waals surface area (Å²) in [4.78, 5) is 28.9. The zero-order valence-electron chi connectivity index (χ0n) is 18.3. The molecule has 0 spiro atoms. The summed E-state index contributed by atoms with van der Waals surface area (Å²) in [5.74, 6) is 0.978. The molecular weight excluding hydrogens is 392 g/mol. The van der Waals surface area contributed by atoms with Crippen LogP contribution in [0.2, 0.25) is 0 Å². The first-order valence-corrected chi connectivity index (χ1v) is 11.1. The van der Waals surface area contributed by atoms with Gasteiger partial charge >= 0.3 is 5.97 Å². The lowest BCUT2D eigenvalue weighted by molar-refractivity contribution is -0.126. The second-order valence-corrected chi connectivity index (χ2v) is 8.91. The molecule has 1 N–H and O–H groups in total. The summed E-state index contributed by atoms with van der Waals surface area (Å²) in [6.45, 7) is 2.05. The molecule has 2 aliphatic carbocycles. The smallest absolute Gasteiger partial charge is 0.337 e. The number of nitrogens with one attached hydrogen (secondary N) is 1. The molecule has 1 heterocycles. The van der Waals surface area contributed by atoms with Crippen LogP contribution in [0.1, 0.15) is 66.9 Å². The normalized spacial score (nSPS) is 19.7. The second kappa shape index (κ2) is 9.08. The van der Waals surface area contributed by atoms with E-state index in [4.69, 9.17) is 9.47 Å². The molecule has 31 heavy (non-hydrogen) atoms. The highest BCUT2D eigenvalue weighted by Gasteiger charge is 2.34. The van der Waals surface area contributed by atoms with Gasteiger partial charge in [0.1, 0.15) is 17.7 Å². The van der Waals surface area contributed by atoms with E-state index in [-0.39, 0.29) is 23.4 Å². The van der Waals surface area contributed by atoms with Crippen molar-refractivity contribution in [3.05, 3.63) is 53.2 Å². The molecule has 164 valence electrons. The first kappa shape index (κ1) is 21.3. The van der Waals surface area contributed by atoms with E-state index < -0.39 is 0 Å². The number of fused-ring (bicyclic) bond motifs is 1. The van der Waals surface area contributed by atoms with E-state index in [2.05, 4.69) is 10.3 Å². The number of methoxy groups -OCH3 is 1. The standard InChI is InChI=1S/C25H30N2O4/c1-25(11-4-3-5-12-25)24(29)27-22-16-21(10-13-26-22)31-20-9-8-17-14-19(23(28)30-2)7-6-18(17)15-20/h6-7,10,13-14,16,20H,3-5,8-9,11-12,15H2,1-2H3,(H,26,27,29). The molecule has 1 fully saturated rings. The lowest BCUT2D eigenvalue weighted by Gasteiger charge is -2.31. The molecule has 1 atom stereocenters. The van der Waals surface area contributed by atoms with Crippen molar-refractivity contribution in [1.82, 2.24) is 4.98 Å². The molecule has 1 amide bonds. The van der Waals surface area contributed by atoms with Gasteiger partial charge in [-0.2, -0.15) is 0 Å². The number of carbonyl (C=O) groups excluding carboxylic acids is 2. The first-order valence-electron chi connectivity index (χ1n) is 11.1. The molecule has 6 nitrogen and oxygen atoms in total. The first-order chi connectivity index (χ1) is 15.0. The van der Waals surface area contributed by atoms with Crippen LogP contribution in [0.4, 0.5) is 5.82 Å². The monoisotopic (exact) mass is 422 g/mol. The van der Waals surface area contributed by atoms with Gasteiger partial charge in [-0.1, -0.05) is 32.3 Å². The second-order valence-electron chi connectivity index (χ2n) is 8.91. The van der Waals surface area contributed by atoms with E-state index in [9.17, 15) is 9.59 Å². The van der Waals surface area contributed by atoms with Crippen LogP contribution in [0.25, 0.3) is 0 Å². The third kappa shape index (κ3) is 4.89. The van der Waals surface area contributed by atoms with Gasteiger partial charge in [0, 0.05) is 24.1 Å². The molecule has 2 aliphatic rings. The Morgan fingerprint density at radius 1 is 1.10 bits per heavy atom. The molecule has 2 aromatic rings. The Labute approximate surface area is 183 Å². The molecule has 1 aromatic heterocycles. The van der Waals surface area contributed by atoms with Crippen molar-refractivity contribution in [3.8, 4) is 5.75 Å². The number of hydrogen-bond acceptors (Lipinski definition) is 5. The average Bonchev–Trinajstić information content (AvgIpc) is 2.79. The molecule has 4 rings (SSSR count). The zero-order chi connectivity index (χ0) is 21.8. The van der Waals surface area contributed by atoms with E-state index in [1.54, 1.807) is 18.3 Å². The number of esters is 1. The Bertz CT molecular complexity index is 966.